The van der Waals surface area contributed by atoms with E-state index in [0.29, 0.717) is 0 Å². The molecule has 0 unspecified atom stereocenters. The third kappa shape index (κ3) is 3.35. The van der Waals surface area contributed by atoms with Crippen LogP contribution in [0.15, 0.2) is 152 Å². The van der Waals surface area contributed by atoms with E-state index in [-0.39, 0.29) is 0 Å². The molecule has 216 valence electrons. The quantitative estimate of drug-likeness (QED) is 0.186. The number of pyridine rings is 2. The lowest BCUT2D eigenvalue weighted by atomic mass is 9.95. The predicted molar refractivity (Wildman–Crippen MR) is 198 cm³/mol. The monoisotopic (exact) mass is 595 g/mol. The first kappa shape index (κ1) is 24.9. The molecular weight excluding hydrogens is 571 g/mol. The van der Waals surface area contributed by atoms with Crippen molar-refractivity contribution in [3.63, 3.8) is 0 Å². The fourth-order valence-electron chi connectivity index (χ4n) is 8.10. The van der Waals surface area contributed by atoms with Gasteiger partial charge in [-0.25, -0.2) is 0 Å². The molecule has 7 aromatic carbocycles. The Kier molecular flexibility index (Phi) is 4.84. The molecule has 0 bridgehead atoms. The van der Waals surface area contributed by atoms with Crippen molar-refractivity contribution in [2.75, 3.05) is 0 Å². The van der Waals surface area contributed by atoms with Crippen LogP contribution in [-0.2, 0) is 0 Å². The van der Waals surface area contributed by atoms with Gasteiger partial charge in [0.1, 0.15) is 0 Å². The number of rotatable bonds is 2. The van der Waals surface area contributed by atoms with E-state index in [0.717, 1.165) is 33.5 Å². The van der Waals surface area contributed by atoms with Gasteiger partial charge in [-0.1, -0.05) is 115 Å². The van der Waals surface area contributed by atoms with Crippen LogP contribution in [0, 0.1) is 0 Å². The zero-order valence-corrected chi connectivity index (χ0v) is 25.3. The average Bonchev–Trinajstić information content (AvgIpc) is 3.65. The Morgan fingerprint density at radius 1 is 0.340 bits per heavy atom. The van der Waals surface area contributed by atoms with Gasteiger partial charge in [-0.05, 0) is 67.4 Å². The molecule has 0 saturated heterocycles. The van der Waals surface area contributed by atoms with Crippen molar-refractivity contribution >= 4 is 81.2 Å². The second-order valence-electron chi connectivity index (χ2n) is 12.6. The number of para-hydroxylation sites is 1. The minimum atomic E-state index is 0.987. The zero-order chi connectivity index (χ0) is 30.6. The topological polar surface area (TPSA) is 30.2 Å². The van der Waals surface area contributed by atoms with Gasteiger partial charge in [0.25, 0.3) is 0 Å². The third-order valence-electron chi connectivity index (χ3n) is 10.2. The molecule has 47 heavy (non-hydrogen) atoms. The molecule has 3 nitrogen and oxygen atoms in total. The SMILES string of the molecule is c1ccc2c(c1)cc(-c1cc3c4cccc5c6cc(-c7cc8ccccc8c8ccccc78)ncc6n(c3cn1)c45)c1ccccc12. The summed E-state index contributed by atoms with van der Waals surface area (Å²) in [5.41, 5.74) is 7.72. The van der Waals surface area contributed by atoms with E-state index in [9.17, 15) is 0 Å². The Labute approximate surface area is 269 Å². The van der Waals surface area contributed by atoms with Crippen LogP contribution >= 0.6 is 0 Å². The van der Waals surface area contributed by atoms with Crippen LogP contribution in [0.4, 0.5) is 0 Å². The van der Waals surface area contributed by atoms with Crippen molar-refractivity contribution in [3.05, 3.63) is 152 Å². The highest BCUT2D eigenvalue weighted by atomic mass is 14.9. The van der Waals surface area contributed by atoms with Crippen molar-refractivity contribution in [3.8, 4) is 22.5 Å². The lowest BCUT2D eigenvalue weighted by molar-refractivity contribution is 1.28. The second-order valence-corrected chi connectivity index (χ2v) is 12.6. The first-order valence-electron chi connectivity index (χ1n) is 16.1. The summed E-state index contributed by atoms with van der Waals surface area (Å²) in [6.07, 6.45) is 4.11. The van der Waals surface area contributed by atoms with Crippen LogP contribution in [0.25, 0.3) is 104 Å². The first-order chi connectivity index (χ1) is 23.3. The molecule has 3 heteroatoms. The minimum Gasteiger partial charge on any atom is -0.305 e. The number of hydrogen-bond donors (Lipinski definition) is 0. The average molecular weight is 596 g/mol. The minimum absolute atomic E-state index is 0.987. The van der Waals surface area contributed by atoms with Gasteiger partial charge in [0, 0.05) is 32.7 Å². The normalized spacial score (nSPS) is 12.3. The second kappa shape index (κ2) is 9.12. The Morgan fingerprint density at radius 3 is 1.23 bits per heavy atom. The van der Waals surface area contributed by atoms with Gasteiger partial charge in [0.2, 0.25) is 0 Å². The molecular formula is C44H25N3. The number of aromatic nitrogens is 3. The summed E-state index contributed by atoms with van der Waals surface area (Å²) in [7, 11) is 0. The number of benzene rings is 7. The molecule has 0 fully saturated rings. The lowest BCUT2D eigenvalue weighted by Crippen LogP contribution is -1.90. The third-order valence-corrected chi connectivity index (χ3v) is 10.2. The highest BCUT2D eigenvalue weighted by molar-refractivity contribution is 6.24. The summed E-state index contributed by atoms with van der Waals surface area (Å²) in [6.45, 7) is 0. The van der Waals surface area contributed by atoms with Crippen molar-refractivity contribution in [1.82, 2.24) is 14.4 Å². The number of fused-ring (bicyclic) bond motifs is 12. The van der Waals surface area contributed by atoms with Gasteiger partial charge in [0.05, 0.1) is 40.3 Å². The largest absolute Gasteiger partial charge is 0.305 e. The van der Waals surface area contributed by atoms with Crippen molar-refractivity contribution in [2.24, 2.45) is 0 Å². The summed E-state index contributed by atoms with van der Waals surface area (Å²) in [6, 6.07) is 50.4. The Balaban J connectivity index is 1.16. The van der Waals surface area contributed by atoms with Crippen molar-refractivity contribution in [2.45, 2.75) is 0 Å². The molecule has 4 heterocycles. The standard InChI is InChI=1S/C44H25N3/c1-3-12-28-26(10-1)20-36(32-16-7-5-14-30(28)32)40-22-38-34-18-9-19-35-39-23-41(46-25-43(39)47(44(34)35)42(38)24-45-40)37-21-27-11-2-4-13-29(27)31-15-6-8-17-33(31)37/h1-25H. The van der Waals surface area contributed by atoms with E-state index < -0.39 is 0 Å². The van der Waals surface area contributed by atoms with E-state index in [2.05, 4.69) is 156 Å². The van der Waals surface area contributed by atoms with E-state index in [1.807, 2.05) is 0 Å². The maximum absolute atomic E-state index is 5.12. The van der Waals surface area contributed by atoms with Crippen LogP contribution in [0.2, 0.25) is 0 Å². The summed E-state index contributed by atoms with van der Waals surface area (Å²) < 4.78 is 2.36. The van der Waals surface area contributed by atoms with Crippen LogP contribution in [0.3, 0.4) is 0 Å². The molecule has 0 atom stereocenters. The molecule has 0 spiro atoms. The van der Waals surface area contributed by atoms with Crippen molar-refractivity contribution < 1.29 is 0 Å². The Morgan fingerprint density at radius 2 is 0.745 bits per heavy atom. The summed E-state index contributed by atoms with van der Waals surface area (Å²) in [5, 5.41) is 14.8. The van der Waals surface area contributed by atoms with E-state index >= 15 is 0 Å². The predicted octanol–water partition coefficient (Wildman–Crippen LogP) is 11.6. The highest BCUT2D eigenvalue weighted by Gasteiger charge is 2.20. The van der Waals surface area contributed by atoms with E-state index in [1.165, 1.54) is 70.2 Å². The molecule has 11 aromatic rings. The summed E-state index contributed by atoms with van der Waals surface area (Å²) in [5.74, 6) is 0. The van der Waals surface area contributed by atoms with Crippen molar-refractivity contribution in [1.29, 1.82) is 0 Å². The molecule has 0 N–H and O–H groups in total. The van der Waals surface area contributed by atoms with Crippen LogP contribution in [-0.4, -0.2) is 14.4 Å². The van der Waals surface area contributed by atoms with Gasteiger partial charge in [-0.2, -0.15) is 0 Å². The summed E-state index contributed by atoms with van der Waals surface area (Å²) >= 11 is 0. The molecule has 0 saturated carbocycles. The lowest BCUT2D eigenvalue weighted by Gasteiger charge is -2.11. The molecule has 0 aliphatic heterocycles. The maximum atomic E-state index is 5.12. The van der Waals surface area contributed by atoms with Gasteiger partial charge >= 0.3 is 0 Å². The molecule has 4 aromatic heterocycles. The first-order valence-corrected chi connectivity index (χ1v) is 16.1. The Hall–Kier alpha value is -6.32. The fourth-order valence-corrected chi connectivity index (χ4v) is 8.10. The van der Waals surface area contributed by atoms with Crippen LogP contribution < -0.4 is 0 Å². The molecule has 0 aliphatic carbocycles. The highest BCUT2D eigenvalue weighted by Crippen LogP contribution is 2.42. The molecule has 11 rings (SSSR count). The molecule has 0 radical (unpaired) electrons. The van der Waals surface area contributed by atoms with Gasteiger partial charge < -0.3 is 4.40 Å². The van der Waals surface area contributed by atoms with E-state index in [4.69, 9.17) is 9.97 Å². The van der Waals surface area contributed by atoms with E-state index in [1.54, 1.807) is 0 Å². The van der Waals surface area contributed by atoms with Crippen LogP contribution in [0.1, 0.15) is 0 Å². The number of hydrogen-bond acceptors (Lipinski definition) is 2. The Bertz CT molecular complexity index is 2870. The molecule has 0 aliphatic rings. The number of nitrogens with zero attached hydrogens (tertiary/aromatic N) is 3. The zero-order valence-electron chi connectivity index (χ0n) is 25.3. The summed E-state index contributed by atoms with van der Waals surface area (Å²) in [4.78, 5) is 10.2. The van der Waals surface area contributed by atoms with Crippen LogP contribution in [0.5, 0.6) is 0 Å². The maximum Gasteiger partial charge on any atom is 0.0726 e. The fraction of sp³-hybridized carbons (Fsp3) is 0. The van der Waals surface area contributed by atoms with Gasteiger partial charge in [-0.15, -0.1) is 0 Å². The smallest absolute Gasteiger partial charge is 0.0726 e. The van der Waals surface area contributed by atoms with Gasteiger partial charge in [-0.3, -0.25) is 9.97 Å². The molecule has 0 amide bonds. The van der Waals surface area contributed by atoms with Gasteiger partial charge in [0.15, 0.2) is 0 Å².